The van der Waals surface area contributed by atoms with Gasteiger partial charge in [0.25, 0.3) is 0 Å². The molecule has 0 atom stereocenters. The van der Waals surface area contributed by atoms with Crippen molar-refractivity contribution >= 4 is 0 Å². The third-order valence-corrected chi connectivity index (χ3v) is 5.05. The van der Waals surface area contributed by atoms with Crippen LogP contribution in [0.4, 0.5) is 0 Å². The minimum Gasteiger partial charge on any atom is -0.301 e. The number of rotatable bonds is 3. The van der Waals surface area contributed by atoms with E-state index in [1.54, 1.807) is 12.4 Å². The van der Waals surface area contributed by atoms with Crippen molar-refractivity contribution in [1.82, 2.24) is 15.0 Å². The van der Waals surface area contributed by atoms with Gasteiger partial charge in [-0.1, -0.05) is 42.5 Å². The number of pyridine rings is 1. The summed E-state index contributed by atoms with van der Waals surface area (Å²) in [6.45, 7) is 4.10. The van der Waals surface area contributed by atoms with Crippen LogP contribution in [0.1, 0.15) is 11.3 Å². The molecule has 0 bridgehead atoms. The van der Waals surface area contributed by atoms with Crippen LogP contribution in [0, 0.1) is 26.0 Å². The van der Waals surface area contributed by atoms with E-state index in [-0.39, 0.29) is 20.1 Å². The van der Waals surface area contributed by atoms with Crippen molar-refractivity contribution in [1.29, 1.82) is 0 Å². The van der Waals surface area contributed by atoms with Crippen molar-refractivity contribution in [2.75, 3.05) is 0 Å². The molecule has 0 fully saturated rings. The third-order valence-electron chi connectivity index (χ3n) is 5.05. The first-order chi connectivity index (χ1) is 15.7. The Morgan fingerprint density at radius 3 is 2.06 bits per heavy atom. The molecule has 0 N–H and O–H groups in total. The maximum atomic E-state index is 4.51. The molecule has 3 nitrogen and oxygen atoms in total. The zero-order chi connectivity index (χ0) is 22.2. The van der Waals surface area contributed by atoms with E-state index < -0.39 is 0 Å². The van der Waals surface area contributed by atoms with E-state index in [2.05, 4.69) is 58.3 Å². The summed E-state index contributed by atoms with van der Waals surface area (Å²) in [6.07, 6.45) is 3.48. The molecule has 0 saturated carbocycles. The summed E-state index contributed by atoms with van der Waals surface area (Å²) in [5.74, 6) is 0.704. The fourth-order valence-corrected chi connectivity index (χ4v) is 3.18. The minimum atomic E-state index is 0. The van der Waals surface area contributed by atoms with Gasteiger partial charge >= 0.3 is 0 Å². The van der Waals surface area contributed by atoms with E-state index in [0.717, 1.165) is 28.1 Å². The quantitative estimate of drug-likeness (QED) is 0.213. The van der Waals surface area contributed by atoms with Crippen molar-refractivity contribution in [3.63, 3.8) is 0 Å². The molecule has 2 aromatic heterocycles. The normalized spacial score (nSPS) is 9.88. The molecule has 0 aliphatic heterocycles. The van der Waals surface area contributed by atoms with Crippen LogP contribution >= 0.6 is 0 Å². The van der Waals surface area contributed by atoms with Gasteiger partial charge in [-0.15, -0.1) is 71.3 Å². The van der Waals surface area contributed by atoms with E-state index in [0.29, 0.717) is 5.82 Å². The standard InChI is InChI=1S/C16H11N2.C13H12N.Ir/c1-2-6-13(7-3-1)14-8-4-9-15(12-14)16-17-10-5-11-18-16;1-10-8-9-13(14-11(10)2)12-6-4-3-5-7-12;/h1-8,10-12H;3-6,8-9H,1-2H3;/q2*-1;. The number of hydrogen-bond acceptors (Lipinski definition) is 3. The van der Waals surface area contributed by atoms with Gasteiger partial charge in [-0.3, -0.25) is 9.97 Å². The maximum absolute atomic E-state index is 4.51. The van der Waals surface area contributed by atoms with Gasteiger partial charge < -0.3 is 4.98 Å². The predicted octanol–water partition coefficient (Wildman–Crippen LogP) is 6.77. The molecule has 5 aromatic rings. The minimum absolute atomic E-state index is 0. The molecule has 0 aliphatic rings. The fourth-order valence-electron chi connectivity index (χ4n) is 3.18. The molecule has 0 amide bonds. The monoisotopic (exact) mass is 606 g/mol. The van der Waals surface area contributed by atoms with Crippen molar-refractivity contribution in [2.45, 2.75) is 13.8 Å². The molecule has 0 spiro atoms. The smallest absolute Gasteiger partial charge is 0.0748 e. The molecular weight excluding hydrogens is 583 g/mol. The first-order valence-electron chi connectivity index (χ1n) is 10.5. The molecular formula is C29H23IrN3-2. The Bertz CT molecular complexity index is 1220. The van der Waals surface area contributed by atoms with Gasteiger partial charge in [0.2, 0.25) is 0 Å². The van der Waals surface area contributed by atoms with Crippen LogP contribution in [-0.2, 0) is 20.1 Å². The Kier molecular flexibility index (Phi) is 8.77. The molecule has 5 rings (SSSR count). The molecule has 0 saturated heterocycles. The summed E-state index contributed by atoms with van der Waals surface area (Å²) in [6, 6.07) is 36.4. The van der Waals surface area contributed by atoms with E-state index in [4.69, 9.17) is 0 Å². The molecule has 1 radical (unpaired) electrons. The zero-order valence-electron chi connectivity index (χ0n) is 18.5. The van der Waals surface area contributed by atoms with E-state index in [1.165, 1.54) is 11.1 Å². The summed E-state index contributed by atoms with van der Waals surface area (Å²) in [5.41, 5.74) is 7.60. The largest absolute Gasteiger partial charge is 0.301 e. The van der Waals surface area contributed by atoms with Crippen LogP contribution in [0.25, 0.3) is 33.8 Å². The average molecular weight is 606 g/mol. The number of hydrogen-bond donors (Lipinski definition) is 0. The van der Waals surface area contributed by atoms with Crippen LogP contribution < -0.4 is 0 Å². The third kappa shape index (κ3) is 6.52. The van der Waals surface area contributed by atoms with Gasteiger partial charge in [0.05, 0.1) is 5.82 Å². The first-order valence-corrected chi connectivity index (χ1v) is 10.5. The Morgan fingerprint density at radius 1 is 0.636 bits per heavy atom. The van der Waals surface area contributed by atoms with Crippen LogP contribution in [0.3, 0.4) is 0 Å². The fraction of sp³-hybridized carbons (Fsp3) is 0.0690. The molecule has 33 heavy (non-hydrogen) atoms. The summed E-state index contributed by atoms with van der Waals surface area (Å²) in [4.78, 5) is 13.0. The Balaban J connectivity index is 0.000000186. The Labute approximate surface area is 209 Å². The van der Waals surface area contributed by atoms with Crippen LogP contribution in [0.5, 0.6) is 0 Å². The predicted molar refractivity (Wildman–Crippen MR) is 130 cm³/mol. The number of aryl methyl sites for hydroxylation is 2. The van der Waals surface area contributed by atoms with Crippen molar-refractivity contribution < 1.29 is 20.1 Å². The van der Waals surface area contributed by atoms with E-state index in [1.807, 2.05) is 73.7 Å². The van der Waals surface area contributed by atoms with Crippen molar-refractivity contribution in [3.8, 4) is 33.8 Å². The Hall–Kier alpha value is -3.46. The van der Waals surface area contributed by atoms with Crippen molar-refractivity contribution in [3.05, 3.63) is 127 Å². The van der Waals surface area contributed by atoms with Gasteiger partial charge in [0, 0.05) is 38.2 Å². The first kappa shape index (κ1) is 24.2. The zero-order valence-corrected chi connectivity index (χ0v) is 20.9. The van der Waals surface area contributed by atoms with Gasteiger partial charge in [-0.25, -0.2) is 0 Å². The summed E-state index contributed by atoms with van der Waals surface area (Å²) >= 11 is 0. The second-order valence-electron chi connectivity index (χ2n) is 7.30. The average Bonchev–Trinajstić information content (AvgIpc) is 2.88. The topological polar surface area (TPSA) is 38.7 Å². The van der Waals surface area contributed by atoms with Gasteiger partial charge in [-0.05, 0) is 36.7 Å². The van der Waals surface area contributed by atoms with Crippen molar-refractivity contribution in [2.24, 2.45) is 0 Å². The summed E-state index contributed by atoms with van der Waals surface area (Å²) < 4.78 is 0. The molecule has 4 heteroatoms. The van der Waals surface area contributed by atoms with E-state index in [9.17, 15) is 0 Å². The molecule has 0 aliphatic carbocycles. The van der Waals surface area contributed by atoms with Crippen LogP contribution in [0.2, 0.25) is 0 Å². The van der Waals surface area contributed by atoms with Crippen LogP contribution in [0.15, 0.2) is 103 Å². The number of aromatic nitrogens is 3. The molecule has 0 unspecified atom stereocenters. The van der Waals surface area contributed by atoms with Crippen LogP contribution in [-0.4, -0.2) is 15.0 Å². The summed E-state index contributed by atoms with van der Waals surface area (Å²) in [7, 11) is 0. The molecule has 3 aromatic carbocycles. The van der Waals surface area contributed by atoms with Gasteiger partial charge in [0.15, 0.2) is 0 Å². The van der Waals surface area contributed by atoms with E-state index >= 15 is 0 Å². The summed E-state index contributed by atoms with van der Waals surface area (Å²) in [5, 5.41) is 0. The number of nitrogens with zero attached hydrogens (tertiary/aromatic N) is 3. The molecule has 165 valence electrons. The SMILES string of the molecule is Cc1ccc(-c2[c-]cccc2)nc1C.[Ir].[c-]1ccc(-c2ccccc2)cc1-c1ncccn1. The second kappa shape index (κ2) is 12.0. The Morgan fingerprint density at radius 2 is 1.36 bits per heavy atom. The second-order valence-corrected chi connectivity index (χ2v) is 7.30. The van der Waals surface area contributed by atoms with Gasteiger partial charge in [-0.2, -0.15) is 0 Å². The molecule has 2 heterocycles. The number of benzene rings is 3. The van der Waals surface area contributed by atoms with Gasteiger partial charge in [0.1, 0.15) is 0 Å². The maximum Gasteiger partial charge on any atom is 0.0748 e.